The smallest absolute Gasteiger partial charge is 0.173 e. The normalized spacial score (nSPS) is 10.5. The van der Waals surface area contributed by atoms with E-state index in [1.165, 1.54) is 0 Å². The van der Waals surface area contributed by atoms with Crippen LogP contribution in [-0.4, -0.2) is 10.3 Å². The summed E-state index contributed by atoms with van der Waals surface area (Å²) in [6.45, 7) is 2.10. The van der Waals surface area contributed by atoms with E-state index in [0.717, 1.165) is 18.4 Å². The fourth-order valence-electron chi connectivity index (χ4n) is 1.60. The molecule has 0 unspecified atom stereocenters. The fourth-order valence-corrected chi connectivity index (χ4v) is 1.60. The predicted octanol–water partition coefficient (Wildman–Crippen LogP) is 3.00. The van der Waals surface area contributed by atoms with Crippen molar-refractivity contribution in [2.45, 2.75) is 19.8 Å². The minimum absolute atomic E-state index is 0.228. The molecule has 0 spiro atoms. The molecule has 1 aromatic carbocycles. The number of aromatic hydroxyl groups is 1. The Labute approximate surface area is 88.3 Å². The van der Waals surface area contributed by atoms with Gasteiger partial charge in [-0.3, -0.25) is 0 Å². The van der Waals surface area contributed by atoms with Crippen LogP contribution in [-0.2, 0) is 6.42 Å². The summed E-state index contributed by atoms with van der Waals surface area (Å²) in [6.07, 6.45) is 3.65. The second-order valence-corrected chi connectivity index (χ2v) is 3.45. The first-order valence-electron chi connectivity index (χ1n) is 5.05. The lowest BCUT2D eigenvalue weighted by atomic mass is 10.1. The van der Waals surface area contributed by atoms with Gasteiger partial charge in [0, 0.05) is 5.56 Å². The van der Waals surface area contributed by atoms with Crippen molar-refractivity contribution < 1.29 is 9.63 Å². The highest BCUT2D eigenvalue weighted by Crippen LogP contribution is 2.31. The molecule has 0 amide bonds. The molecule has 0 aliphatic rings. The zero-order chi connectivity index (χ0) is 10.7. The Morgan fingerprint density at radius 3 is 2.87 bits per heavy atom. The van der Waals surface area contributed by atoms with Crippen LogP contribution in [0.5, 0.6) is 5.75 Å². The summed E-state index contributed by atoms with van der Waals surface area (Å²) in [5.41, 5.74) is 1.75. The molecule has 1 heterocycles. The van der Waals surface area contributed by atoms with Crippen molar-refractivity contribution in [1.29, 1.82) is 0 Å². The minimum atomic E-state index is 0.228. The summed E-state index contributed by atoms with van der Waals surface area (Å²) in [4.78, 5) is 0. The molecule has 0 aliphatic carbocycles. The molecule has 0 fully saturated rings. The molecular weight excluding hydrogens is 190 g/mol. The van der Waals surface area contributed by atoms with E-state index in [1.807, 2.05) is 12.1 Å². The lowest BCUT2D eigenvalue weighted by Crippen LogP contribution is -1.84. The maximum Gasteiger partial charge on any atom is 0.173 e. The average Bonchev–Trinajstić information content (AvgIpc) is 2.67. The predicted molar refractivity (Wildman–Crippen MR) is 57.6 cm³/mol. The maximum atomic E-state index is 9.69. The van der Waals surface area contributed by atoms with Crippen LogP contribution in [0.15, 0.2) is 35.0 Å². The van der Waals surface area contributed by atoms with Crippen LogP contribution in [0.3, 0.4) is 0 Å². The molecule has 2 aromatic rings. The summed E-state index contributed by atoms with van der Waals surface area (Å²) in [6, 6.07) is 7.13. The van der Waals surface area contributed by atoms with Crippen molar-refractivity contribution in [3.63, 3.8) is 0 Å². The number of benzene rings is 1. The molecule has 0 saturated heterocycles. The monoisotopic (exact) mass is 203 g/mol. The van der Waals surface area contributed by atoms with Gasteiger partial charge in [-0.15, -0.1) is 0 Å². The SMILES string of the molecule is CCCc1cnoc1-c1ccccc1O. The van der Waals surface area contributed by atoms with Gasteiger partial charge >= 0.3 is 0 Å². The molecule has 3 nitrogen and oxygen atoms in total. The summed E-state index contributed by atoms with van der Waals surface area (Å²) in [5.74, 6) is 0.904. The lowest BCUT2D eigenvalue weighted by Gasteiger charge is -2.01. The van der Waals surface area contributed by atoms with Crippen molar-refractivity contribution in [3.8, 4) is 17.1 Å². The van der Waals surface area contributed by atoms with E-state index in [1.54, 1.807) is 18.3 Å². The van der Waals surface area contributed by atoms with Crippen LogP contribution in [0.1, 0.15) is 18.9 Å². The zero-order valence-electron chi connectivity index (χ0n) is 8.60. The van der Waals surface area contributed by atoms with Gasteiger partial charge in [-0.2, -0.15) is 0 Å². The van der Waals surface area contributed by atoms with Crippen molar-refractivity contribution in [1.82, 2.24) is 5.16 Å². The maximum absolute atomic E-state index is 9.69. The molecule has 3 heteroatoms. The second-order valence-electron chi connectivity index (χ2n) is 3.45. The number of hydrogen-bond donors (Lipinski definition) is 1. The van der Waals surface area contributed by atoms with Gasteiger partial charge in [0.05, 0.1) is 11.8 Å². The Balaban J connectivity index is 2.45. The van der Waals surface area contributed by atoms with Gasteiger partial charge in [0.15, 0.2) is 5.76 Å². The van der Waals surface area contributed by atoms with Crippen molar-refractivity contribution in [2.24, 2.45) is 0 Å². The number of nitrogens with zero attached hydrogens (tertiary/aromatic N) is 1. The number of phenols is 1. The van der Waals surface area contributed by atoms with Crippen LogP contribution < -0.4 is 0 Å². The van der Waals surface area contributed by atoms with Gasteiger partial charge in [0.2, 0.25) is 0 Å². The summed E-state index contributed by atoms with van der Waals surface area (Å²) >= 11 is 0. The van der Waals surface area contributed by atoms with Crippen molar-refractivity contribution in [2.75, 3.05) is 0 Å². The van der Waals surface area contributed by atoms with E-state index in [9.17, 15) is 5.11 Å². The molecule has 1 aromatic heterocycles. The summed E-state index contributed by atoms with van der Waals surface area (Å²) < 4.78 is 5.17. The first kappa shape index (κ1) is 9.77. The number of aryl methyl sites for hydroxylation is 1. The van der Waals surface area contributed by atoms with Gasteiger partial charge in [-0.1, -0.05) is 30.6 Å². The van der Waals surface area contributed by atoms with E-state index < -0.39 is 0 Å². The van der Waals surface area contributed by atoms with E-state index in [-0.39, 0.29) is 5.75 Å². The molecule has 2 rings (SSSR count). The van der Waals surface area contributed by atoms with Gasteiger partial charge in [0.25, 0.3) is 0 Å². The molecule has 0 aliphatic heterocycles. The lowest BCUT2D eigenvalue weighted by molar-refractivity contribution is 0.425. The molecule has 78 valence electrons. The van der Waals surface area contributed by atoms with Crippen molar-refractivity contribution in [3.05, 3.63) is 36.0 Å². The third kappa shape index (κ3) is 1.86. The van der Waals surface area contributed by atoms with Gasteiger partial charge in [-0.05, 0) is 18.6 Å². The fraction of sp³-hybridized carbons (Fsp3) is 0.250. The van der Waals surface area contributed by atoms with Gasteiger partial charge in [-0.25, -0.2) is 0 Å². The Bertz CT molecular complexity index is 448. The average molecular weight is 203 g/mol. The van der Waals surface area contributed by atoms with E-state index in [4.69, 9.17) is 4.52 Å². The van der Waals surface area contributed by atoms with E-state index in [0.29, 0.717) is 11.3 Å². The highest BCUT2D eigenvalue weighted by atomic mass is 16.5. The highest BCUT2D eigenvalue weighted by molar-refractivity contribution is 5.67. The Morgan fingerprint density at radius 2 is 2.13 bits per heavy atom. The number of para-hydroxylation sites is 1. The molecule has 1 N–H and O–H groups in total. The van der Waals surface area contributed by atoms with Crippen molar-refractivity contribution >= 4 is 0 Å². The van der Waals surface area contributed by atoms with E-state index >= 15 is 0 Å². The summed E-state index contributed by atoms with van der Waals surface area (Å²) in [5, 5.41) is 13.5. The van der Waals surface area contributed by atoms with Gasteiger partial charge < -0.3 is 9.63 Å². The third-order valence-electron chi connectivity index (χ3n) is 2.31. The Hall–Kier alpha value is -1.77. The molecule has 0 radical (unpaired) electrons. The standard InChI is InChI=1S/C12H13NO2/c1-2-5-9-8-13-15-12(9)10-6-3-4-7-11(10)14/h3-4,6-8,14H,2,5H2,1H3. The first-order chi connectivity index (χ1) is 7.33. The van der Waals surface area contributed by atoms with E-state index in [2.05, 4.69) is 12.1 Å². The number of phenolic OH excluding ortho intramolecular Hbond substituents is 1. The first-order valence-corrected chi connectivity index (χ1v) is 5.05. The molecule has 0 saturated carbocycles. The molecule has 0 bridgehead atoms. The largest absolute Gasteiger partial charge is 0.507 e. The number of aromatic nitrogens is 1. The number of rotatable bonds is 3. The quantitative estimate of drug-likeness (QED) is 0.834. The van der Waals surface area contributed by atoms with Gasteiger partial charge in [0.1, 0.15) is 5.75 Å². The third-order valence-corrected chi connectivity index (χ3v) is 2.31. The molecule has 0 atom stereocenters. The van der Waals surface area contributed by atoms with Crippen LogP contribution in [0.25, 0.3) is 11.3 Å². The Kier molecular flexibility index (Phi) is 2.72. The summed E-state index contributed by atoms with van der Waals surface area (Å²) in [7, 11) is 0. The topological polar surface area (TPSA) is 46.3 Å². The molecule has 15 heavy (non-hydrogen) atoms. The second kappa shape index (κ2) is 4.17. The molecular formula is C12H13NO2. The minimum Gasteiger partial charge on any atom is -0.507 e. The van der Waals surface area contributed by atoms with Crippen LogP contribution >= 0.6 is 0 Å². The zero-order valence-corrected chi connectivity index (χ0v) is 8.60. The van der Waals surface area contributed by atoms with Crippen LogP contribution in [0.4, 0.5) is 0 Å². The van der Waals surface area contributed by atoms with Crippen LogP contribution in [0, 0.1) is 0 Å². The Morgan fingerprint density at radius 1 is 1.33 bits per heavy atom. The number of hydrogen-bond acceptors (Lipinski definition) is 3. The van der Waals surface area contributed by atoms with Crippen LogP contribution in [0.2, 0.25) is 0 Å². The highest BCUT2D eigenvalue weighted by Gasteiger charge is 2.12.